The van der Waals surface area contributed by atoms with Crippen LogP contribution in [0.15, 0.2) is 30.3 Å². The second-order valence-electron chi connectivity index (χ2n) is 7.53. The third-order valence-corrected chi connectivity index (χ3v) is 5.87. The summed E-state index contributed by atoms with van der Waals surface area (Å²) in [4.78, 5) is 29.3. The van der Waals surface area contributed by atoms with Gasteiger partial charge in [-0.25, -0.2) is 4.79 Å². The second-order valence-corrected chi connectivity index (χ2v) is 7.53. The zero-order valence-electron chi connectivity index (χ0n) is 16.3. The predicted molar refractivity (Wildman–Crippen MR) is 102 cm³/mol. The zero-order valence-corrected chi connectivity index (χ0v) is 16.3. The number of aliphatic carboxylic acids is 1. The maximum atomic E-state index is 13.5. The van der Waals surface area contributed by atoms with Crippen LogP contribution in [-0.2, 0) is 14.3 Å². The molecule has 0 saturated carbocycles. The lowest BCUT2D eigenvalue weighted by molar-refractivity contribution is -0.167. The molecule has 2 fully saturated rings. The van der Waals surface area contributed by atoms with E-state index >= 15 is 0 Å². The number of carboxylic acid groups (broad SMARTS) is 1. The molecular weight excluding hydrogens is 344 g/mol. The first kappa shape index (κ1) is 19.8. The first-order valence-electron chi connectivity index (χ1n) is 9.99. The van der Waals surface area contributed by atoms with E-state index in [4.69, 9.17) is 4.74 Å². The maximum Gasteiger partial charge on any atom is 0.328 e. The van der Waals surface area contributed by atoms with Crippen molar-refractivity contribution in [2.24, 2.45) is 0 Å². The number of piperidine rings is 1. The summed E-state index contributed by atoms with van der Waals surface area (Å²) in [6, 6.07) is 8.72. The van der Waals surface area contributed by atoms with Crippen LogP contribution < -0.4 is 0 Å². The molecule has 148 valence electrons. The van der Waals surface area contributed by atoms with Gasteiger partial charge in [-0.1, -0.05) is 44.2 Å². The lowest BCUT2D eigenvalue weighted by Crippen LogP contribution is -2.59. The minimum Gasteiger partial charge on any atom is -0.480 e. The van der Waals surface area contributed by atoms with Crippen molar-refractivity contribution in [2.75, 3.05) is 26.2 Å². The number of amides is 1. The SMILES string of the molecule is CCCN1CCC2(CC1)OC[C@H](C(=O)O)N2C(=O)[C@@H](CC)c1ccccc1. The minimum absolute atomic E-state index is 0.0695. The molecule has 1 N–H and O–H groups in total. The summed E-state index contributed by atoms with van der Waals surface area (Å²) in [5.41, 5.74) is 0.145. The highest BCUT2D eigenvalue weighted by Gasteiger charge is 2.54. The Balaban J connectivity index is 1.88. The number of nitrogens with zero attached hydrogens (tertiary/aromatic N) is 2. The number of benzene rings is 1. The van der Waals surface area contributed by atoms with E-state index in [9.17, 15) is 14.7 Å². The van der Waals surface area contributed by atoms with Gasteiger partial charge < -0.3 is 14.7 Å². The van der Waals surface area contributed by atoms with E-state index in [1.54, 1.807) is 4.90 Å². The van der Waals surface area contributed by atoms with Crippen LogP contribution in [-0.4, -0.2) is 64.8 Å². The Kier molecular flexibility index (Phi) is 6.17. The van der Waals surface area contributed by atoms with Crippen LogP contribution >= 0.6 is 0 Å². The average molecular weight is 374 g/mol. The van der Waals surface area contributed by atoms with E-state index in [1.165, 1.54) is 0 Å². The van der Waals surface area contributed by atoms with E-state index in [1.807, 2.05) is 37.3 Å². The molecule has 2 heterocycles. The second kappa shape index (κ2) is 8.40. The van der Waals surface area contributed by atoms with Gasteiger partial charge in [-0.3, -0.25) is 9.69 Å². The Labute approximate surface area is 161 Å². The molecule has 6 nitrogen and oxygen atoms in total. The summed E-state index contributed by atoms with van der Waals surface area (Å²) in [7, 11) is 0. The van der Waals surface area contributed by atoms with Crippen LogP contribution in [0.2, 0.25) is 0 Å². The minimum atomic E-state index is -0.987. The number of rotatable bonds is 6. The van der Waals surface area contributed by atoms with E-state index in [2.05, 4.69) is 11.8 Å². The molecule has 1 aromatic rings. The van der Waals surface area contributed by atoms with E-state index in [0.29, 0.717) is 19.3 Å². The van der Waals surface area contributed by atoms with Crippen LogP contribution in [0, 0.1) is 0 Å². The number of carboxylic acids is 1. The van der Waals surface area contributed by atoms with Gasteiger partial charge in [0.2, 0.25) is 5.91 Å². The van der Waals surface area contributed by atoms with Crippen LogP contribution in [0.25, 0.3) is 0 Å². The van der Waals surface area contributed by atoms with Gasteiger partial charge in [0.1, 0.15) is 5.72 Å². The normalized spacial score (nSPS) is 23.5. The predicted octanol–water partition coefficient (Wildman–Crippen LogP) is 2.69. The van der Waals surface area contributed by atoms with Crippen molar-refractivity contribution in [1.82, 2.24) is 9.80 Å². The van der Waals surface area contributed by atoms with Crippen LogP contribution in [0.4, 0.5) is 0 Å². The highest BCUT2D eigenvalue weighted by atomic mass is 16.5. The third kappa shape index (κ3) is 3.87. The van der Waals surface area contributed by atoms with Gasteiger partial charge >= 0.3 is 5.97 Å². The van der Waals surface area contributed by atoms with Crippen molar-refractivity contribution in [1.29, 1.82) is 0 Å². The molecule has 3 rings (SSSR count). The highest BCUT2D eigenvalue weighted by molar-refractivity contribution is 5.89. The molecule has 2 aliphatic heterocycles. The zero-order chi connectivity index (χ0) is 19.4. The topological polar surface area (TPSA) is 70.1 Å². The summed E-state index contributed by atoms with van der Waals surface area (Å²) in [5, 5.41) is 9.72. The third-order valence-electron chi connectivity index (χ3n) is 5.87. The smallest absolute Gasteiger partial charge is 0.328 e. The van der Waals surface area contributed by atoms with Gasteiger partial charge in [0.25, 0.3) is 0 Å². The average Bonchev–Trinajstić information content (AvgIpc) is 3.04. The number of carbonyl (C=O) groups excluding carboxylic acids is 1. The van der Waals surface area contributed by atoms with Crippen LogP contribution in [0.5, 0.6) is 0 Å². The number of hydrogen-bond donors (Lipinski definition) is 1. The largest absolute Gasteiger partial charge is 0.480 e. The lowest BCUT2D eigenvalue weighted by Gasteiger charge is -2.45. The van der Waals surface area contributed by atoms with Crippen molar-refractivity contribution in [3.05, 3.63) is 35.9 Å². The summed E-state index contributed by atoms with van der Waals surface area (Å²) in [6.07, 6.45) is 3.03. The van der Waals surface area contributed by atoms with Gasteiger partial charge in [0.05, 0.1) is 12.5 Å². The van der Waals surface area contributed by atoms with Crippen molar-refractivity contribution >= 4 is 11.9 Å². The van der Waals surface area contributed by atoms with Gasteiger partial charge in [-0.2, -0.15) is 0 Å². The molecule has 1 aromatic carbocycles. The number of ether oxygens (including phenoxy) is 1. The van der Waals surface area contributed by atoms with Gasteiger partial charge in [-0.15, -0.1) is 0 Å². The number of carbonyl (C=O) groups is 2. The quantitative estimate of drug-likeness (QED) is 0.829. The Bertz CT molecular complexity index is 655. The summed E-state index contributed by atoms with van der Waals surface area (Å²) < 4.78 is 6.04. The summed E-state index contributed by atoms with van der Waals surface area (Å²) in [6.45, 7) is 6.86. The molecular formula is C21H30N2O4. The molecule has 27 heavy (non-hydrogen) atoms. The molecule has 2 aliphatic rings. The molecule has 6 heteroatoms. The monoisotopic (exact) mass is 374 g/mol. The van der Waals surface area contributed by atoms with Crippen LogP contribution in [0.1, 0.15) is 51.0 Å². The fourth-order valence-corrected chi connectivity index (χ4v) is 4.43. The first-order chi connectivity index (χ1) is 13.0. The van der Waals surface area contributed by atoms with Crippen molar-refractivity contribution in [2.45, 2.75) is 57.2 Å². The standard InChI is InChI=1S/C21H30N2O4/c1-3-12-22-13-10-21(11-14-22)23(18(15-27-21)20(25)26)19(24)17(4-2)16-8-6-5-7-9-16/h5-9,17-18H,3-4,10-15H2,1-2H3,(H,25,26)/t17-,18+/m0/s1. The number of hydrogen-bond acceptors (Lipinski definition) is 4. The van der Waals surface area contributed by atoms with Gasteiger partial charge in [0.15, 0.2) is 6.04 Å². The summed E-state index contributed by atoms with van der Waals surface area (Å²) in [5.74, 6) is -1.46. The van der Waals surface area contributed by atoms with Crippen molar-refractivity contribution < 1.29 is 19.4 Å². The fraction of sp³-hybridized carbons (Fsp3) is 0.619. The van der Waals surface area contributed by atoms with E-state index in [-0.39, 0.29) is 18.4 Å². The van der Waals surface area contributed by atoms with Crippen molar-refractivity contribution in [3.63, 3.8) is 0 Å². The summed E-state index contributed by atoms with van der Waals surface area (Å²) >= 11 is 0. The lowest BCUT2D eigenvalue weighted by atomic mass is 9.91. The molecule has 0 bridgehead atoms. The van der Waals surface area contributed by atoms with Crippen molar-refractivity contribution in [3.8, 4) is 0 Å². The van der Waals surface area contributed by atoms with Gasteiger partial charge in [-0.05, 0) is 24.9 Å². The van der Waals surface area contributed by atoms with Crippen LogP contribution in [0.3, 0.4) is 0 Å². The molecule has 0 unspecified atom stereocenters. The number of likely N-dealkylation sites (tertiary alicyclic amines) is 1. The molecule has 1 amide bonds. The van der Waals surface area contributed by atoms with Gasteiger partial charge in [0, 0.05) is 25.9 Å². The van der Waals surface area contributed by atoms with E-state index < -0.39 is 17.7 Å². The fourth-order valence-electron chi connectivity index (χ4n) is 4.43. The molecule has 2 atom stereocenters. The molecule has 2 saturated heterocycles. The molecule has 1 spiro atoms. The Morgan fingerprint density at radius 1 is 1.22 bits per heavy atom. The Morgan fingerprint density at radius 2 is 1.89 bits per heavy atom. The maximum absolute atomic E-state index is 13.5. The Hall–Kier alpha value is -1.92. The first-order valence-corrected chi connectivity index (χ1v) is 9.99. The highest BCUT2D eigenvalue weighted by Crippen LogP contribution is 2.40. The Morgan fingerprint density at radius 3 is 2.44 bits per heavy atom. The molecule has 0 aromatic heterocycles. The molecule has 0 aliphatic carbocycles. The molecule has 0 radical (unpaired) electrons. The van der Waals surface area contributed by atoms with E-state index in [0.717, 1.165) is 31.6 Å².